The van der Waals surface area contributed by atoms with Crippen molar-refractivity contribution in [1.82, 2.24) is 0 Å². The van der Waals surface area contributed by atoms with Gasteiger partial charge in [-0.1, -0.05) is 51.8 Å². The third-order valence-electron chi connectivity index (χ3n) is 2.62. The van der Waals surface area contributed by atoms with E-state index in [-0.39, 0.29) is 5.41 Å². The summed E-state index contributed by atoms with van der Waals surface area (Å²) in [6.45, 7) is 4.50. The molecule has 0 aliphatic heterocycles. The number of hydrogen-bond donors (Lipinski definition) is 0. The van der Waals surface area contributed by atoms with Gasteiger partial charge in [-0.05, 0) is 29.5 Å². The molecule has 0 saturated carbocycles. The van der Waals surface area contributed by atoms with Gasteiger partial charge in [-0.3, -0.25) is 0 Å². The SMILES string of the molecule is COc1ccc(C(C)(C)CCBr)c(Br)c1. The predicted octanol–water partition coefficient (Wildman–Crippen LogP) is 4.52. The van der Waals surface area contributed by atoms with Gasteiger partial charge in [0.25, 0.3) is 0 Å². The van der Waals surface area contributed by atoms with Crippen molar-refractivity contribution in [3.05, 3.63) is 28.2 Å². The number of ether oxygens (including phenoxy) is 1. The first-order chi connectivity index (χ1) is 7.01. The van der Waals surface area contributed by atoms with Crippen molar-refractivity contribution in [2.24, 2.45) is 0 Å². The molecule has 0 amide bonds. The molecule has 0 saturated heterocycles. The molecule has 0 aliphatic rings. The average molecular weight is 336 g/mol. The summed E-state index contributed by atoms with van der Waals surface area (Å²) in [4.78, 5) is 0. The summed E-state index contributed by atoms with van der Waals surface area (Å²) < 4.78 is 6.30. The first kappa shape index (κ1) is 13.0. The van der Waals surface area contributed by atoms with E-state index in [2.05, 4.69) is 51.8 Å². The summed E-state index contributed by atoms with van der Waals surface area (Å²) in [6, 6.07) is 6.16. The van der Waals surface area contributed by atoms with Crippen molar-refractivity contribution in [2.75, 3.05) is 12.4 Å². The molecule has 3 heteroatoms. The van der Waals surface area contributed by atoms with Crippen LogP contribution in [0.2, 0.25) is 0 Å². The summed E-state index contributed by atoms with van der Waals surface area (Å²) in [5.41, 5.74) is 1.50. The average Bonchev–Trinajstić information content (AvgIpc) is 2.17. The van der Waals surface area contributed by atoms with Crippen LogP contribution in [0.5, 0.6) is 5.75 Å². The zero-order chi connectivity index (χ0) is 11.5. The van der Waals surface area contributed by atoms with Crippen molar-refractivity contribution in [3.63, 3.8) is 0 Å². The lowest BCUT2D eigenvalue weighted by molar-refractivity contribution is 0.413. The molecule has 0 heterocycles. The fourth-order valence-corrected chi connectivity index (χ4v) is 3.43. The Morgan fingerprint density at radius 1 is 1.33 bits per heavy atom. The number of alkyl halides is 1. The van der Waals surface area contributed by atoms with E-state index in [0.717, 1.165) is 22.0 Å². The first-order valence-electron chi connectivity index (χ1n) is 4.91. The van der Waals surface area contributed by atoms with Gasteiger partial charge in [0.15, 0.2) is 0 Å². The minimum atomic E-state index is 0.175. The van der Waals surface area contributed by atoms with Crippen molar-refractivity contribution < 1.29 is 4.74 Å². The quantitative estimate of drug-likeness (QED) is 0.735. The van der Waals surface area contributed by atoms with Gasteiger partial charge in [0, 0.05) is 9.80 Å². The molecule has 0 radical (unpaired) electrons. The van der Waals surface area contributed by atoms with Gasteiger partial charge < -0.3 is 4.74 Å². The van der Waals surface area contributed by atoms with E-state index in [4.69, 9.17) is 4.74 Å². The fraction of sp³-hybridized carbons (Fsp3) is 0.500. The molecule has 1 aromatic rings. The maximum Gasteiger partial charge on any atom is 0.120 e. The summed E-state index contributed by atoms with van der Waals surface area (Å²) in [7, 11) is 1.69. The van der Waals surface area contributed by atoms with Crippen LogP contribution < -0.4 is 4.74 Å². The van der Waals surface area contributed by atoms with Crippen LogP contribution in [0.1, 0.15) is 25.8 Å². The molecule has 84 valence electrons. The van der Waals surface area contributed by atoms with Gasteiger partial charge in [-0.2, -0.15) is 0 Å². The smallest absolute Gasteiger partial charge is 0.120 e. The third-order valence-corrected chi connectivity index (χ3v) is 3.68. The Morgan fingerprint density at radius 2 is 2.00 bits per heavy atom. The lowest BCUT2D eigenvalue weighted by Gasteiger charge is -2.25. The molecular weight excluding hydrogens is 320 g/mol. The van der Waals surface area contributed by atoms with E-state index in [1.54, 1.807) is 7.11 Å². The van der Waals surface area contributed by atoms with Gasteiger partial charge >= 0.3 is 0 Å². The van der Waals surface area contributed by atoms with Crippen LogP contribution in [0, 0.1) is 0 Å². The summed E-state index contributed by atoms with van der Waals surface area (Å²) in [5.74, 6) is 0.889. The van der Waals surface area contributed by atoms with Crippen LogP contribution in [-0.4, -0.2) is 12.4 Å². The Kier molecular flexibility index (Phi) is 4.65. The second-order valence-corrected chi connectivity index (χ2v) is 5.82. The van der Waals surface area contributed by atoms with Gasteiger partial charge in [0.05, 0.1) is 7.11 Å². The molecule has 0 unspecified atom stereocenters. The number of rotatable bonds is 4. The van der Waals surface area contributed by atoms with E-state index in [1.807, 2.05) is 12.1 Å². The van der Waals surface area contributed by atoms with E-state index in [0.29, 0.717) is 0 Å². The van der Waals surface area contributed by atoms with Crippen molar-refractivity contribution >= 4 is 31.9 Å². The molecule has 0 aromatic heterocycles. The van der Waals surface area contributed by atoms with Crippen LogP contribution in [0.3, 0.4) is 0 Å². The maximum absolute atomic E-state index is 5.18. The molecule has 0 atom stereocenters. The molecule has 0 bridgehead atoms. The highest BCUT2D eigenvalue weighted by atomic mass is 79.9. The molecular formula is C12H16Br2O. The van der Waals surface area contributed by atoms with Gasteiger partial charge in [-0.25, -0.2) is 0 Å². The Balaban J connectivity index is 3.04. The van der Waals surface area contributed by atoms with Crippen molar-refractivity contribution in [1.29, 1.82) is 0 Å². The summed E-state index contributed by atoms with van der Waals surface area (Å²) >= 11 is 7.09. The molecule has 0 fully saturated rings. The second kappa shape index (κ2) is 5.35. The first-order valence-corrected chi connectivity index (χ1v) is 6.82. The summed E-state index contributed by atoms with van der Waals surface area (Å²) in [6.07, 6.45) is 1.11. The highest BCUT2D eigenvalue weighted by Crippen LogP contribution is 2.35. The maximum atomic E-state index is 5.18. The Morgan fingerprint density at radius 3 is 2.47 bits per heavy atom. The van der Waals surface area contributed by atoms with Gasteiger partial charge in [0.1, 0.15) is 5.75 Å². The molecule has 1 rings (SSSR count). The van der Waals surface area contributed by atoms with E-state index < -0.39 is 0 Å². The third kappa shape index (κ3) is 3.22. The zero-order valence-corrected chi connectivity index (χ0v) is 12.5. The number of halogens is 2. The number of benzene rings is 1. The molecule has 0 aliphatic carbocycles. The summed E-state index contributed by atoms with van der Waals surface area (Å²) in [5, 5.41) is 1.01. The Bertz CT molecular complexity index is 334. The zero-order valence-electron chi connectivity index (χ0n) is 9.31. The molecule has 1 nitrogen and oxygen atoms in total. The second-order valence-electron chi connectivity index (χ2n) is 4.17. The molecule has 1 aromatic carbocycles. The van der Waals surface area contributed by atoms with Gasteiger partial charge in [-0.15, -0.1) is 0 Å². The fourth-order valence-electron chi connectivity index (χ4n) is 1.54. The van der Waals surface area contributed by atoms with Crippen LogP contribution in [0.4, 0.5) is 0 Å². The van der Waals surface area contributed by atoms with Crippen LogP contribution in [-0.2, 0) is 5.41 Å². The van der Waals surface area contributed by atoms with E-state index >= 15 is 0 Å². The lowest BCUT2D eigenvalue weighted by Crippen LogP contribution is -2.18. The Hall–Kier alpha value is -0.0200. The molecule has 0 spiro atoms. The number of hydrogen-bond acceptors (Lipinski definition) is 1. The van der Waals surface area contributed by atoms with Crippen LogP contribution >= 0.6 is 31.9 Å². The predicted molar refractivity (Wildman–Crippen MR) is 72.1 cm³/mol. The molecule has 0 N–H and O–H groups in total. The van der Waals surface area contributed by atoms with Crippen LogP contribution in [0.25, 0.3) is 0 Å². The highest BCUT2D eigenvalue weighted by Gasteiger charge is 2.22. The topological polar surface area (TPSA) is 9.23 Å². The normalized spacial score (nSPS) is 11.5. The van der Waals surface area contributed by atoms with E-state index in [9.17, 15) is 0 Å². The standard InChI is InChI=1S/C12H16Br2O/c1-12(2,6-7-13)10-5-4-9(15-3)8-11(10)14/h4-5,8H,6-7H2,1-3H3. The van der Waals surface area contributed by atoms with Crippen molar-refractivity contribution in [2.45, 2.75) is 25.7 Å². The lowest BCUT2D eigenvalue weighted by atomic mass is 9.82. The van der Waals surface area contributed by atoms with E-state index in [1.165, 1.54) is 5.56 Å². The monoisotopic (exact) mass is 334 g/mol. The minimum Gasteiger partial charge on any atom is -0.497 e. The van der Waals surface area contributed by atoms with Crippen LogP contribution in [0.15, 0.2) is 22.7 Å². The molecule has 15 heavy (non-hydrogen) atoms. The largest absolute Gasteiger partial charge is 0.497 e. The highest BCUT2D eigenvalue weighted by molar-refractivity contribution is 9.10. The minimum absolute atomic E-state index is 0.175. The van der Waals surface area contributed by atoms with Gasteiger partial charge in [0.2, 0.25) is 0 Å². The van der Waals surface area contributed by atoms with Crippen molar-refractivity contribution in [3.8, 4) is 5.75 Å². The number of methoxy groups -OCH3 is 1. The Labute approximate surface area is 108 Å².